The molecule has 0 bridgehead atoms. The first kappa shape index (κ1) is 13.8. The zero-order valence-electron chi connectivity index (χ0n) is 10.2. The molecule has 1 fully saturated rings. The first-order valence-corrected chi connectivity index (χ1v) is 4.84. The molecule has 1 aliphatic heterocycles. The van der Waals surface area contributed by atoms with Crippen molar-refractivity contribution in [1.29, 1.82) is 0 Å². The van der Waals surface area contributed by atoms with Crippen molar-refractivity contribution in [3.05, 3.63) is 0 Å². The first-order valence-electron chi connectivity index (χ1n) is 4.84. The topological polar surface area (TPSA) is 70.5 Å². The molecule has 4 nitrogen and oxygen atoms in total. The molecule has 0 aromatic rings. The second-order valence-corrected chi connectivity index (χ2v) is 5.17. The number of ether oxygens (including phenoxy) is 2. The molecule has 0 atom stereocenters. The average molecular weight is 204 g/mol. The van der Waals surface area contributed by atoms with Crippen LogP contribution in [0, 0.1) is 0 Å². The fourth-order valence-electron chi connectivity index (χ4n) is 1.37. The van der Waals surface area contributed by atoms with E-state index in [4.69, 9.17) is 9.47 Å². The number of hydrogen-bond donors (Lipinski definition) is 2. The van der Waals surface area contributed by atoms with Crippen molar-refractivity contribution in [3.8, 4) is 0 Å². The smallest absolute Gasteiger partial charge is 0.0917 e. The lowest BCUT2D eigenvalue weighted by Crippen LogP contribution is -2.60. The highest BCUT2D eigenvalue weighted by molar-refractivity contribution is 4.95. The van der Waals surface area contributed by atoms with E-state index >= 15 is 0 Å². The molecular formula is C10H24N2O2. The van der Waals surface area contributed by atoms with Crippen molar-refractivity contribution < 1.29 is 9.47 Å². The van der Waals surface area contributed by atoms with E-state index in [2.05, 4.69) is 53.2 Å². The Morgan fingerprint density at radius 2 is 1.29 bits per heavy atom. The van der Waals surface area contributed by atoms with Gasteiger partial charge in [0.25, 0.3) is 0 Å². The number of hydrogen-bond acceptors (Lipinski definition) is 4. The Labute approximate surface area is 86.9 Å². The summed E-state index contributed by atoms with van der Waals surface area (Å²) < 4.78 is 11.7. The number of hydrazine groups is 1. The Kier molecular flexibility index (Phi) is 4.10. The van der Waals surface area contributed by atoms with Gasteiger partial charge in [0.05, 0.1) is 23.4 Å². The maximum atomic E-state index is 5.95. The van der Waals surface area contributed by atoms with Crippen molar-refractivity contribution in [3.63, 3.8) is 0 Å². The zero-order chi connectivity index (χ0) is 11.6. The van der Waals surface area contributed by atoms with Crippen LogP contribution in [-0.4, -0.2) is 23.4 Å². The van der Waals surface area contributed by atoms with E-state index in [0.717, 1.165) is 0 Å². The molecule has 86 valence electrons. The lowest BCUT2D eigenvalue weighted by Gasteiger charge is -2.51. The lowest BCUT2D eigenvalue weighted by atomic mass is 9.86. The second-order valence-electron chi connectivity index (χ2n) is 5.17. The van der Waals surface area contributed by atoms with Crippen molar-refractivity contribution in [2.75, 3.05) is 6.61 Å². The summed E-state index contributed by atoms with van der Waals surface area (Å²) in [6.07, 6.45) is 0. The van der Waals surface area contributed by atoms with Crippen LogP contribution in [-0.2, 0) is 9.47 Å². The third-order valence-electron chi connectivity index (χ3n) is 2.76. The van der Waals surface area contributed by atoms with E-state index in [1.807, 2.05) is 0 Å². The molecule has 0 aromatic heterocycles. The molecule has 0 amide bonds. The van der Waals surface area contributed by atoms with Gasteiger partial charge in [-0.05, 0) is 41.5 Å². The molecule has 0 unspecified atom stereocenters. The van der Waals surface area contributed by atoms with E-state index in [1.165, 1.54) is 0 Å². The Morgan fingerprint density at radius 3 is 1.57 bits per heavy atom. The molecule has 1 heterocycles. The highest BCUT2D eigenvalue weighted by Crippen LogP contribution is 2.38. The predicted octanol–water partition coefficient (Wildman–Crippen LogP) is 1.19. The molecule has 1 rings (SSSR count). The molecule has 0 aliphatic carbocycles. The van der Waals surface area contributed by atoms with E-state index in [9.17, 15) is 0 Å². The van der Waals surface area contributed by atoms with Gasteiger partial charge in [-0.25, -0.2) is 0 Å². The second kappa shape index (κ2) is 4.14. The highest BCUT2D eigenvalue weighted by atomic mass is 16.6. The monoisotopic (exact) mass is 204 g/mol. The molecule has 4 heteroatoms. The van der Waals surface area contributed by atoms with Gasteiger partial charge < -0.3 is 9.47 Å². The fourth-order valence-corrected chi connectivity index (χ4v) is 1.37. The van der Waals surface area contributed by atoms with Gasteiger partial charge in [-0.3, -0.25) is 11.7 Å². The van der Waals surface area contributed by atoms with Gasteiger partial charge in [0.15, 0.2) is 0 Å². The predicted molar refractivity (Wildman–Crippen MR) is 57.6 cm³/mol. The van der Waals surface area contributed by atoms with Crippen molar-refractivity contribution in [2.45, 2.75) is 58.3 Å². The number of rotatable bonds is 0. The molecule has 1 saturated heterocycles. The van der Waals surface area contributed by atoms with Crippen LogP contribution in [0.15, 0.2) is 0 Å². The largest absolute Gasteiger partial charge is 0.370 e. The van der Waals surface area contributed by atoms with E-state index < -0.39 is 0 Å². The Balaban J connectivity index is 0.000000791. The quantitative estimate of drug-likeness (QED) is 0.459. The Bertz CT molecular complexity index is 189. The lowest BCUT2D eigenvalue weighted by molar-refractivity contribution is -0.292. The summed E-state index contributed by atoms with van der Waals surface area (Å²) in [6.45, 7) is 13.1. The molecule has 1 aliphatic rings. The zero-order valence-corrected chi connectivity index (χ0v) is 10.2. The third kappa shape index (κ3) is 2.92. The van der Waals surface area contributed by atoms with Crippen LogP contribution in [0.3, 0.4) is 0 Å². The minimum absolute atomic E-state index is 0.154. The summed E-state index contributed by atoms with van der Waals surface area (Å²) in [5.41, 5.74) is -0.559. The van der Waals surface area contributed by atoms with Gasteiger partial charge in [-0.1, -0.05) is 0 Å². The van der Waals surface area contributed by atoms with Crippen molar-refractivity contribution in [1.82, 2.24) is 0 Å². The van der Waals surface area contributed by atoms with Gasteiger partial charge in [-0.2, -0.15) is 0 Å². The summed E-state index contributed by atoms with van der Waals surface area (Å²) >= 11 is 0. The molecule has 4 N–H and O–H groups in total. The molecule has 0 spiro atoms. The average Bonchev–Trinajstić information content (AvgIpc) is 2.01. The van der Waals surface area contributed by atoms with Crippen LogP contribution >= 0.6 is 0 Å². The Hall–Kier alpha value is -0.160. The summed E-state index contributed by atoms with van der Waals surface area (Å²) in [5.74, 6) is 8.00. The van der Waals surface area contributed by atoms with Gasteiger partial charge in [-0.15, -0.1) is 0 Å². The minimum Gasteiger partial charge on any atom is -0.370 e. The molecule has 0 radical (unpaired) electrons. The van der Waals surface area contributed by atoms with E-state index in [-0.39, 0.29) is 16.8 Å². The minimum atomic E-state index is -0.214. The Morgan fingerprint density at radius 1 is 0.857 bits per heavy atom. The third-order valence-corrected chi connectivity index (χ3v) is 2.76. The van der Waals surface area contributed by atoms with Crippen LogP contribution in [0.4, 0.5) is 0 Å². The van der Waals surface area contributed by atoms with Crippen LogP contribution in [0.25, 0.3) is 0 Å². The number of nitrogens with two attached hydrogens (primary N) is 2. The standard InChI is InChI=1S/C10H20O2.H4N2/c1-8(2)7-11-9(3,4)10(5,6)12-8;1-2/h7H2,1-6H3;1-2H2. The van der Waals surface area contributed by atoms with Crippen LogP contribution < -0.4 is 11.7 Å². The highest BCUT2D eigenvalue weighted by Gasteiger charge is 2.47. The van der Waals surface area contributed by atoms with E-state index in [1.54, 1.807) is 0 Å². The summed E-state index contributed by atoms with van der Waals surface area (Å²) in [6, 6.07) is 0. The summed E-state index contributed by atoms with van der Waals surface area (Å²) in [5, 5.41) is 0. The maximum Gasteiger partial charge on any atom is 0.0917 e. The van der Waals surface area contributed by atoms with Gasteiger partial charge >= 0.3 is 0 Å². The molecule has 0 saturated carbocycles. The van der Waals surface area contributed by atoms with Crippen molar-refractivity contribution in [2.24, 2.45) is 11.7 Å². The van der Waals surface area contributed by atoms with Gasteiger partial charge in [0.1, 0.15) is 0 Å². The van der Waals surface area contributed by atoms with Crippen LogP contribution in [0.5, 0.6) is 0 Å². The molecule has 0 aromatic carbocycles. The molecular weight excluding hydrogens is 180 g/mol. The van der Waals surface area contributed by atoms with E-state index in [0.29, 0.717) is 6.61 Å². The summed E-state index contributed by atoms with van der Waals surface area (Å²) in [7, 11) is 0. The first-order chi connectivity index (χ1) is 6.16. The molecule has 14 heavy (non-hydrogen) atoms. The van der Waals surface area contributed by atoms with Gasteiger partial charge in [0.2, 0.25) is 0 Å². The summed E-state index contributed by atoms with van der Waals surface area (Å²) in [4.78, 5) is 0. The maximum absolute atomic E-state index is 5.95. The SMILES string of the molecule is CC1(C)COC(C)(C)C(C)(C)O1.NN. The van der Waals surface area contributed by atoms with Crippen LogP contribution in [0.2, 0.25) is 0 Å². The van der Waals surface area contributed by atoms with Crippen LogP contribution in [0.1, 0.15) is 41.5 Å². The van der Waals surface area contributed by atoms with Gasteiger partial charge in [0, 0.05) is 0 Å². The normalized spacial score (nSPS) is 27.4. The van der Waals surface area contributed by atoms with Crippen molar-refractivity contribution >= 4 is 0 Å². The fraction of sp³-hybridized carbons (Fsp3) is 1.00.